The molecule has 6 heteroatoms. The molecule has 0 bridgehead atoms. The summed E-state index contributed by atoms with van der Waals surface area (Å²) in [6, 6.07) is 6.94. The maximum Gasteiger partial charge on any atom is 0.411 e. The van der Waals surface area contributed by atoms with Gasteiger partial charge in [-0.1, -0.05) is 6.07 Å². The lowest BCUT2D eigenvalue weighted by molar-refractivity contribution is 0.00602. The van der Waals surface area contributed by atoms with E-state index in [1.807, 2.05) is 20.8 Å². The summed E-state index contributed by atoms with van der Waals surface area (Å²) in [5.74, 6) is 0.393. The topological polar surface area (TPSA) is 67.9 Å². The SMILES string of the molecule is COc1cccc(C(=O)NC2CCCCN2C(=O)OC(C)(C)C)c1. The molecule has 0 saturated carbocycles. The highest BCUT2D eigenvalue weighted by Gasteiger charge is 2.31. The number of hydrogen-bond acceptors (Lipinski definition) is 4. The molecule has 2 amide bonds. The number of piperidine rings is 1. The van der Waals surface area contributed by atoms with E-state index < -0.39 is 11.7 Å². The smallest absolute Gasteiger partial charge is 0.411 e. The van der Waals surface area contributed by atoms with Gasteiger partial charge >= 0.3 is 6.09 Å². The standard InChI is InChI=1S/C18H26N2O4/c1-18(2,3)24-17(22)20-11-6-5-10-15(20)19-16(21)13-8-7-9-14(12-13)23-4/h7-9,12,15H,5-6,10-11H2,1-4H3,(H,19,21). The van der Waals surface area contributed by atoms with Gasteiger partial charge in [0.2, 0.25) is 0 Å². The number of hydrogen-bond donors (Lipinski definition) is 1. The number of carbonyl (C=O) groups excluding carboxylic acids is 2. The Labute approximate surface area is 143 Å². The molecule has 1 fully saturated rings. The van der Waals surface area contributed by atoms with Crippen LogP contribution in [0.1, 0.15) is 50.4 Å². The lowest BCUT2D eigenvalue weighted by atomic mass is 10.1. The average Bonchev–Trinajstić information content (AvgIpc) is 2.53. The highest BCUT2D eigenvalue weighted by atomic mass is 16.6. The second kappa shape index (κ2) is 7.55. The van der Waals surface area contributed by atoms with Crippen molar-refractivity contribution in [2.75, 3.05) is 13.7 Å². The molecule has 0 aromatic heterocycles. The van der Waals surface area contributed by atoms with Crippen LogP contribution in [-0.2, 0) is 4.74 Å². The van der Waals surface area contributed by atoms with Gasteiger partial charge in [-0.3, -0.25) is 9.69 Å². The molecule has 1 heterocycles. The average molecular weight is 334 g/mol. The van der Waals surface area contributed by atoms with Crippen molar-refractivity contribution in [1.29, 1.82) is 0 Å². The van der Waals surface area contributed by atoms with Gasteiger partial charge in [-0.2, -0.15) is 0 Å². The third kappa shape index (κ3) is 4.88. The van der Waals surface area contributed by atoms with Crippen molar-refractivity contribution in [2.24, 2.45) is 0 Å². The zero-order chi connectivity index (χ0) is 17.7. The van der Waals surface area contributed by atoms with Crippen LogP contribution in [-0.4, -0.2) is 42.3 Å². The Hall–Kier alpha value is -2.24. The molecular weight excluding hydrogens is 308 g/mol. The second-order valence-electron chi connectivity index (χ2n) is 6.89. The number of ether oxygens (including phenoxy) is 2. The van der Waals surface area contributed by atoms with Crippen molar-refractivity contribution in [3.8, 4) is 5.75 Å². The molecule has 1 N–H and O–H groups in total. The van der Waals surface area contributed by atoms with Gasteiger partial charge in [0, 0.05) is 12.1 Å². The van der Waals surface area contributed by atoms with E-state index in [1.54, 1.807) is 36.3 Å². The molecule has 0 radical (unpaired) electrons. The van der Waals surface area contributed by atoms with Gasteiger partial charge in [0.25, 0.3) is 5.91 Å². The van der Waals surface area contributed by atoms with Crippen molar-refractivity contribution in [3.63, 3.8) is 0 Å². The Morgan fingerprint density at radius 2 is 2.00 bits per heavy atom. The van der Waals surface area contributed by atoms with E-state index >= 15 is 0 Å². The molecule has 0 spiro atoms. The summed E-state index contributed by atoms with van der Waals surface area (Å²) in [5, 5.41) is 2.93. The van der Waals surface area contributed by atoms with Crippen molar-refractivity contribution in [3.05, 3.63) is 29.8 Å². The zero-order valence-corrected chi connectivity index (χ0v) is 14.8. The molecular formula is C18H26N2O4. The van der Waals surface area contributed by atoms with Crippen LogP contribution in [0.5, 0.6) is 5.75 Å². The molecule has 1 atom stereocenters. The van der Waals surface area contributed by atoms with Crippen molar-refractivity contribution >= 4 is 12.0 Å². The first kappa shape index (κ1) is 18.1. The number of benzene rings is 1. The zero-order valence-electron chi connectivity index (χ0n) is 14.8. The lowest BCUT2D eigenvalue weighted by Crippen LogP contribution is -2.54. The van der Waals surface area contributed by atoms with Gasteiger partial charge in [0.1, 0.15) is 17.5 Å². The van der Waals surface area contributed by atoms with Crippen molar-refractivity contribution in [2.45, 2.75) is 51.8 Å². The molecule has 1 saturated heterocycles. The maximum absolute atomic E-state index is 12.5. The van der Waals surface area contributed by atoms with Crippen LogP contribution >= 0.6 is 0 Å². The first-order valence-electron chi connectivity index (χ1n) is 8.25. The quantitative estimate of drug-likeness (QED) is 0.922. The molecule has 0 aliphatic carbocycles. The number of carbonyl (C=O) groups is 2. The third-order valence-electron chi connectivity index (χ3n) is 3.76. The van der Waals surface area contributed by atoms with Crippen molar-refractivity contribution in [1.82, 2.24) is 10.2 Å². The minimum absolute atomic E-state index is 0.227. The number of rotatable bonds is 3. The summed E-state index contributed by atoms with van der Waals surface area (Å²) in [6.45, 7) is 6.08. The minimum atomic E-state index is -0.560. The fourth-order valence-corrected chi connectivity index (χ4v) is 2.62. The van der Waals surface area contributed by atoms with Crippen LogP contribution in [0.4, 0.5) is 4.79 Å². The van der Waals surface area contributed by atoms with E-state index in [4.69, 9.17) is 9.47 Å². The second-order valence-corrected chi connectivity index (χ2v) is 6.89. The fraction of sp³-hybridized carbons (Fsp3) is 0.556. The van der Waals surface area contributed by atoms with Crippen LogP contribution in [0.25, 0.3) is 0 Å². The molecule has 1 aromatic rings. The summed E-state index contributed by atoms with van der Waals surface area (Å²) in [4.78, 5) is 26.5. The van der Waals surface area contributed by atoms with E-state index in [-0.39, 0.29) is 12.1 Å². The number of nitrogens with one attached hydrogen (secondary N) is 1. The molecule has 132 valence electrons. The highest BCUT2D eigenvalue weighted by Crippen LogP contribution is 2.20. The maximum atomic E-state index is 12.5. The Morgan fingerprint density at radius 1 is 1.25 bits per heavy atom. The predicted molar refractivity (Wildman–Crippen MR) is 91.0 cm³/mol. The summed E-state index contributed by atoms with van der Waals surface area (Å²) >= 11 is 0. The summed E-state index contributed by atoms with van der Waals surface area (Å²) in [6.07, 6.45) is 1.84. The minimum Gasteiger partial charge on any atom is -0.497 e. The summed E-state index contributed by atoms with van der Waals surface area (Å²) < 4.78 is 10.6. The molecule has 2 rings (SSSR count). The van der Waals surface area contributed by atoms with Crippen LogP contribution in [0.15, 0.2) is 24.3 Å². The van der Waals surface area contributed by atoms with Gasteiger partial charge < -0.3 is 14.8 Å². The van der Waals surface area contributed by atoms with Crippen LogP contribution < -0.4 is 10.1 Å². The van der Waals surface area contributed by atoms with E-state index in [1.165, 1.54) is 0 Å². The summed E-state index contributed by atoms with van der Waals surface area (Å²) in [5.41, 5.74) is -0.0559. The molecule has 6 nitrogen and oxygen atoms in total. The molecule has 1 unspecified atom stereocenters. The third-order valence-corrected chi connectivity index (χ3v) is 3.76. The van der Waals surface area contributed by atoms with E-state index in [0.29, 0.717) is 17.9 Å². The van der Waals surface area contributed by atoms with Crippen LogP contribution in [0.3, 0.4) is 0 Å². The Morgan fingerprint density at radius 3 is 2.67 bits per heavy atom. The monoisotopic (exact) mass is 334 g/mol. The first-order valence-corrected chi connectivity index (χ1v) is 8.25. The Bertz CT molecular complexity index is 595. The van der Waals surface area contributed by atoms with Gasteiger partial charge in [-0.05, 0) is 58.2 Å². The van der Waals surface area contributed by atoms with E-state index in [9.17, 15) is 9.59 Å². The normalized spacial score (nSPS) is 18.0. The molecule has 24 heavy (non-hydrogen) atoms. The number of amides is 2. The fourth-order valence-electron chi connectivity index (χ4n) is 2.62. The largest absolute Gasteiger partial charge is 0.497 e. The number of likely N-dealkylation sites (tertiary alicyclic amines) is 1. The van der Waals surface area contributed by atoms with Crippen molar-refractivity contribution < 1.29 is 19.1 Å². The van der Waals surface area contributed by atoms with Crippen LogP contribution in [0, 0.1) is 0 Å². The highest BCUT2D eigenvalue weighted by molar-refractivity contribution is 5.94. The van der Waals surface area contributed by atoms with E-state index in [2.05, 4.69) is 5.32 Å². The molecule has 1 aromatic carbocycles. The molecule has 1 aliphatic heterocycles. The number of methoxy groups -OCH3 is 1. The van der Waals surface area contributed by atoms with Gasteiger partial charge in [-0.15, -0.1) is 0 Å². The predicted octanol–water partition coefficient (Wildman–Crippen LogP) is 3.17. The van der Waals surface area contributed by atoms with Gasteiger partial charge in [0.15, 0.2) is 0 Å². The Kier molecular flexibility index (Phi) is 5.70. The van der Waals surface area contributed by atoms with Gasteiger partial charge in [-0.25, -0.2) is 4.79 Å². The molecule has 1 aliphatic rings. The summed E-state index contributed by atoms with van der Waals surface area (Å²) in [7, 11) is 1.56. The van der Waals surface area contributed by atoms with Gasteiger partial charge in [0.05, 0.1) is 7.11 Å². The Balaban J connectivity index is 2.07. The van der Waals surface area contributed by atoms with E-state index in [0.717, 1.165) is 19.3 Å². The van der Waals surface area contributed by atoms with Crippen LogP contribution in [0.2, 0.25) is 0 Å². The first-order chi connectivity index (χ1) is 11.3. The number of nitrogens with zero attached hydrogens (tertiary/aromatic N) is 1. The lowest BCUT2D eigenvalue weighted by Gasteiger charge is -2.37.